The van der Waals surface area contributed by atoms with E-state index in [-0.39, 0.29) is 5.97 Å². The molecule has 4 heteroatoms. The van der Waals surface area contributed by atoms with E-state index in [0.29, 0.717) is 0 Å². The maximum absolute atomic E-state index is 11.9. The third kappa shape index (κ3) is 3.02. The summed E-state index contributed by atoms with van der Waals surface area (Å²) in [6.07, 6.45) is 1.70. The van der Waals surface area contributed by atoms with Crippen LogP contribution in [-0.2, 0) is 14.9 Å². The number of nitrogens with zero attached hydrogens (tertiary/aromatic N) is 1. The summed E-state index contributed by atoms with van der Waals surface area (Å²) in [7, 11) is 0. The van der Waals surface area contributed by atoms with Crippen molar-refractivity contribution in [2.75, 3.05) is 0 Å². The van der Waals surface area contributed by atoms with E-state index in [1.54, 1.807) is 6.20 Å². The lowest BCUT2D eigenvalue weighted by Gasteiger charge is -2.26. The smallest absolute Gasteiger partial charge is 0.318 e. The summed E-state index contributed by atoms with van der Waals surface area (Å²) in [5, 5.41) is 2.65. The van der Waals surface area contributed by atoms with Crippen molar-refractivity contribution < 1.29 is 9.53 Å². The minimum Gasteiger partial charge on any atom is -0.459 e. The van der Waals surface area contributed by atoms with Crippen molar-refractivity contribution in [3.63, 3.8) is 0 Å². The van der Waals surface area contributed by atoms with E-state index in [9.17, 15) is 4.79 Å². The van der Waals surface area contributed by atoms with Crippen LogP contribution < -0.4 is 0 Å². The molecule has 0 radical (unpaired) electrons. The van der Waals surface area contributed by atoms with Gasteiger partial charge in [-0.05, 0) is 34.6 Å². The second kappa shape index (κ2) is 3.93. The van der Waals surface area contributed by atoms with Gasteiger partial charge in [0.15, 0.2) is 0 Å². The lowest BCUT2D eigenvalue weighted by molar-refractivity contribution is -0.160. The van der Waals surface area contributed by atoms with Crippen LogP contribution >= 0.6 is 11.3 Å². The molecule has 0 N–H and O–H groups in total. The van der Waals surface area contributed by atoms with Crippen LogP contribution in [0.4, 0.5) is 0 Å². The molecular formula is C11H17NO2S. The molecule has 3 nitrogen and oxygen atoms in total. The lowest BCUT2D eigenvalue weighted by atomic mass is 9.94. The molecule has 0 aliphatic heterocycles. The Morgan fingerprint density at radius 3 is 2.33 bits per heavy atom. The Morgan fingerprint density at radius 1 is 1.33 bits per heavy atom. The van der Waals surface area contributed by atoms with Crippen molar-refractivity contribution in [2.24, 2.45) is 0 Å². The third-order valence-corrected chi connectivity index (χ3v) is 2.97. The van der Waals surface area contributed by atoms with Gasteiger partial charge in [0.05, 0.1) is 0 Å². The SMILES string of the molecule is CC(C)(C)OC(=O)C(C)(C)c1nccs1. The van der Waals surface area contributed by atoms with Crippen LogP contribution in [0.3, 0.4) is 0 Å². The Balaban J connectivity index is 2.83. The van der Waals surface area contributed by atoms with Gasteiger partial charge in [-0.3, -0.25) is 4.79 Å². The van der Waals surface area contributed by atoms with Gasteiger partial charge in [-0.2, -0.15) is 0 Å². The van der Waals surface area contributed by atoms with E-state index in [2.05, 4.69) is 4.98 Å². The van der Waals surface area contributed by atoms with Gasteiger partial charge in [0.1, 0.15) is 16.0 Å². The van der Waals surface area contributed by atoms with Gasteiger partial charge >= 0.3 is 5.97 Å². The standard InChI is InChI=1S/C11H17NO2S/c1-10(2,3)14-9(13)11(4,5)8-12-6-7-15-8/h6-7H,1-5H3. The average Bonchev–Trinajstić information content (AvgIpc) is 2.52. The molecule has 0 amide bonds. The van der Waals surface area contributed by atoms with Crippen LogP contribution in [0.25, 0.3) is 0 Å². The Morgan fingerprint density at radius 2 is 1.93 bits per heavy atom. The highest BCUT2D eigenvalue weighted by atomic mass is 32.1. The fourth-order valence-corrected chi connectivity index (χ4v) is 1.78. The molecule has 84 valence electrons. The molecule has 0 spiro atoms. The summed E-state index contributed by atoms with van der Waals surface area (Å²) in [6.45, 7) is 9.26. The topological polar surface area (TPSA) is 39.2 Å². The molecule has 15 heavy (non-hydrogen) atoms. The molecule has 0 unspecified atom stereocenters. The van der Waals surface area contributed by atoms with Crippen LogP contribution in [-0.4, -0.2) is 16.6 Å². The molecule has 1 rings (SSSR count). The zero-order valence-corrected chi connectivity index (χ0v) is 10.6. The third-order valence-electron chi connectivity index (χ3n) is 1.88. The second-order valence-electron chi connectivity index (χ2n) is 4.96. The van der Waals surface area contributed by atoms with E-state index >= 15 is 0 Å². The maximum Gasteiger partial charge on any atom is 0.318 e. The number of esters is 1. The van der Waals surface area contributed by atoms with E-state index in [0.717, 1.165) is 5.01 Å². The fourth-order valence-electron chi connectivity index (χ4n) is 1.03. The normalized spacial score (nSPS) is 12.6. The highest BCUT2D eigenvalue weighted by Crippen LogP contribution is 2.28. The first-order valence-electron chi connectivity index (χ1n) is 4.87. The predicted molar refractivity (Wildman–Crippen MR) is 61.0 cm³/mol. The Hall–Kier alpha value is -0.900. The maximum atomic E-state index is 11.9. The zero-order chi connectivity index (χ0) is 11.7. The molecule has 0 saturated heterocycles. The molecule has 0 aromatic carbocycles. The molecular weight excluding hydrogens is 210 g/mol. The number of rotatable bonds is 2. The molecule has 0 aliphatic rings. The van der Waals surface area contributed by atoms with Crippen LogP contribution in [0.1, 0.15) is 39.6 Å². The molecule has 1 aromatic heterocycles. The Bertz CT molecular complexity index is 336. The fraction of sp³-hybridized carbons (Fsp3) is 0.636. The van der Waals surface area contributed by atoms with Gasteiger partial charge in [0.2, 0.25) is 0 Å². The number of ether oxygens (including phenoxy) is 1. The Kier molecular flexibility index (Phi) is 3.19. The highest BCUT2D eigenvalue weighted by molar-refractivity contribution is 7.09. The number of carbonyl (C=O) groups is 1. The summed E-state index contributed by atoms with van der Waals surface area (Å²) in [4.78, 5) is 16.1. The van der Waals surface area contributed by atoms with Crippen LogP contribution in [0.15, 0.2) is 11.6 Å². The van der Waals surface area contributed by atoms with Gasteiger partial charge in [-0.25, -0.2) is 4.98 Å². The summed E-state index contributed by atoms with van der Waals surface area (Å²) in [5.74, 6) is -0.232. The van der Waals surface area contributed by atoms with E-state index in [1.165, 1.54) is 11.3 Å². The summed E-state index contributed by atoms with van der Waals surface area (Å²) < 4.78 is 5.35. The van der Waals surface area contributed by atoms with Crippen molar-refractivity contribution in [3.05, 3.63) is 16.6 Å². The number of carbonyl (C=O) groups excluding carboxylic acids is 1. The molecule has 1 heterocycles. The van der Waals surface area contributed by atoms with Crippen molar-refractivity contribution >= 4 is 17.3 Å². The van der Waals surface area contributed by atoms with Crippen LogP contribution in [0, 0.1) is 0 Å². The van der Waals surface area contributed by atoms with Crippen molar-refractivity contribution in [2.45, 2.75) is 45.6 Å². The largest absolute Gasteiger partial charge is 0.459 e. The number of aromatic nitrogens is 1. The zero-order valence-electron chi connectivity index (χ0n) is 9.83. The Labute approximate surface area is 94.5 Å². The van der Waals surface area contributed by atoms with Gasteiger partial charge in [-0.1, -0.05) is 0 Å². The summed E-state index contributed by atoms with van der Waals surface area (Å²) in [5.41, 5.74) is -1.12. The first-order valence-corrected chi connectivity index (χ1v) is 5.75. The monoisotopic (exact) mass is 227 g/mol. The highest BCUT2D eigenvalue weighted by Gasteiger charge is 2.36. The van der Waals surface area contributed by atoms with Gasteiger partial charge in [0.25, 0.3) is 0 Å². The second-order valence-corrected chi connectivity index (χ2v) is 5.86. The van der Waals surface area contributed by atoms with Crippen molar-refractivity contribution in [1.82, 2.24) is 4.98 Å². The van der Waals surface area contributed by atoms with E-state index < -0.39 is 11.0 Å². The minimum absolute atomic E-state index is 0.232. The molecule has 0 atom stereocenters. The number of thiazole rings is 1. The van der Waals surface area contributed by atoms with Gasteiger partial charge in [-0.15, -0.1) is 11.3 Å². The predicted octanol–water partition coefficient (Wildman–Crippen LogP) is 2.76. The average molecular weight is 227 g/mol. The van der Waals surface area contributed by atoms with E-state index in [1.807, 2.05) is 40.0 Å². The lowest BCUT2D eigenvalue weighted by Crippen LogP contribution is -2.36. The number of hydrogen-bond donors (Lipinski definition) is 0. The van der Waals surface area contributed by atoms with Crippen LogP contribution in [0.2, 0.25) is 0 Å². The first kappa shape index (κ1) is 12.2. The number of hydrogen-bond acceptors (Lipinski definition) is 4. The minimum atomic E-state index is -0.665. The molecule has 0 fully saturated rings. The summed E-state index contributed by atoms with van der Waals surface area (Å²) in [6, 6.07) is 0. The molecule has 0 aliphatic carbocycles. The summed E-state index contributed by atoms with van der Waals surface area (Å²) >= 11 is 1.47. The van der Waals surface area contributed by atoms with Crippen molar-refractivity contribution in [3.8, 4) is 0 Å². The molecule has 0 bridgehead atoms. The van der Waals surface area contributed by atoms with Gasteiger partial charge < -0.3 is 4.74 Å². The quantitative estimate of drug-likeness (QED) is 0.729. The van der Waals surface area contributed by atoms with Gasteiger partial charge in [0, 0.05) is 11.6 Å². The first-order chi connectivity index (χ1) is 6.73. The molecule has 1 aromatic rings. The molecule has 0 saturated carbocycles. The van der Waals surface area contributed by atoms with Crippen molar-refractivity contribution in [1.29, 1.82) is 0 Å². The van der Waals surface area contributed by atoms with E-state index in [4.69, 9.17) is 4.74 Å². The van der Waals surface area contributed by atoms with Crippen LogP contribution in [0.5, 0.6) is 0 Å².